The Labute approximate surface area is 302 Å². The molecule has 0 amide bonds. The molecule has 0 bridgehead atoms. The number of rotatable bonds is 6. The van der Waals surface area contributed by atoms with Gasteiger partial charge in [0, 0.05) is 33.3 Å². The average molecular weight is 664 g/mol. The van der Waals surface area contributed by atoms with Crippen LogP contribution in [-0.4, -0.2) is 0 Å². The summed E-state index contributed by atoms with van der Waals surface area (Å²) in [6.45, 7) is 0. The van der Waals surface area contributed by atoms with E-state index in [2.05, 4.69) is 193 Å². The van der Waals surface area contributed by atoms with Crippen LogP contribution in [0.2, 0.25) is 0 Å². The lowest BCUT2D eigenvalue weighted by Crippen LogP contribution is -2.11. The number of hydrogen-bond acceptors (Lipinski definition) is 2. The first-order valence-electron chi connectivity index (χ1n) is 17.8. The normalized spacial score (nSPS) is 11.5. The van der Waals surface area contributed by atoms with Crippen LogP contribution in [0.25, 0.3) is 76.9 Å². The van der Waals surface area contributed by atoms with Crippen LogP contribution in [0.5, 0.6) is 0 Å². The van der Waals surface area contributed by atoms with E-state index in [1.54, 1.807) is 0 Å². The van der Waals surface area contributed by atoms with Crippen molar-refractivity contribution in [1.82, 2.24) is 0 Å². The van der Waals surface area contributed by atoms with Crippen LogP contribution >= 0.6 is 0 Å². The Morgan fingerprint density at radius 1 is 0.327 bits per heavy atom. The predicted molar refractivity (Wildman–Crippen MR) is 220 cm³/mol. The molecular formula is C50H33NO. The van der Waals surface area contributed by atoms with Gasteiger partial charge in [0.1, 0.15) is 11.2 Å². The van der Waals surface area contributed by atoms with Gasteiger partial charge in [-0.25, -0.2) is 0 Å². The van der Waals surface area contributed by atoms with Gasteiger partial charge in [-0.2, -0.15) is 0 Å². The van der Waals surface area contributed by atoms with Gasteiger partial charge in [0.2, 0.25) is 0 Å². The Kier molecular flexibility index (Phi) is 7.18. The smallest absolute Gasteiger partial charge is 0.143 e. The molecule has 2 nitrogen and oxygen atoms in total. The molecule has 10 rings (SSSR count). The standard InChI is InChI=1S/C50H33NO/c1-2-13-39-33-41(32-29-34(39)11-1)51(48-21-7-5-16-44(48)46-19-10-20-47-45-17-6-8-22-49(45)52-50(46)47)40-30-27-36(28-31-40)35-23-25-38(26-24-35)43-18-9-14-37-12-3-4-15-42(37)43/h1-33H. The molecule has 0 unspecified atom stereocenters. The summed E-state index contributed by atoms with van der Waals surface area (Å²) < 4.78 is 6.55. The Balaban J connectivity index is 1.08. The van der Waals surface area contributed by atoms with Crippen LogP contribution in [0.15, 0.2) is 205 Å². The lowest BCUT2D eigenvalue weighted by Gasteiger charge is -2.28. The number of benzene rings is 9. The maximum Gasteiger partial charge on any atom is 0.143 e. The zero-order valence-corrected chi connectivity index (χ0v) is 28.4. The summed E-state index contributed by atoms with van der Waals surface area (Å²) in [6.07, 6.45) is 0. The fraction of sp³-hybridized carbons (Fsp3) is 0. The summed E-state index contributed by atoms with van der Waals surface area (Å²) in [6, 6.07) is 71.7. The van der Waals surface area contributed by atoms with Crippen molar-refractivity contribution in [3.63, 3.8) is 0 Å². The summed E-state index contributed by atoms with van der Waals surface area (Å²) in [5, 5.41) is 7.19. The number of para-hydroxylation sites is 3. The number of anilines is 3. The zero-order chi connectivity index (χ0) is 34.4. The summed E-state index contributed by atoms with van der Waals surface area (Å²) in [5.74, 6) is 0. The van der Waals surface area contributed by atoms with Gasteiger partial charge in [0.15, 0.2) is 0 Å². The van der Waals surface area contributed by atoms with Crippen molar-refractivity contribution in [2.75, 3.05) is 4.90 Å². The third kappa shape index (κ3) is 5.12. The molecule has 0 aliphatic heterocycles. The fourth-order valence-electron chi connectivity index (χ4n) is 7.72. The average Bonchev–Trinajstić information content (AvgIpc) is 3.60. The topological polar surface area (TPSA) is 16.4 Å². The molecule has 0 aliphatic rings. The monoisotopic (exact) mass is 663 g/mol. The second-order valence-corrected chi connectivity index (χ2v) is 13.3. The third-order valence-corrected chi connectivity index (χ3v) is 10.3. The van der Waals surface area contributed by atoms with Gasteiger partial charge >= 0.3 is 0 Å². The maximum atomic E-state index is 6.55. The molecule has 10 aromatic rings. The Hall–Kier alpha value is -6.90. The maximum absolute atomic E-state index is 6.55. The van der Waals surface area contributed by atoms with Crippen molar-refractivity contribution < 1.29 is 4.42 Å². The van der Waals surface area contributed by atoms with E-state index in [1.165, 1.54) is 43.8 Å². The van der Waals surface area contributed by atoms with Crippen molar-refractivity contribution in [3.05, 3.63) is 200 Å². The molecule has 1 heterocycles. The van der Waals surface area contributed by atoms with Crippen molar-refractivity contribution in [2.45, 2.75) is 0 Å². The van der Waals surface area contributed by atoms with Gasteiger partial charge in [-0.15, -0.1) is 0 Å². The molecule has 0 atom stereocenters. The number of fused-ring (bicyclic) bond motifs is 5. The van der Waals surface area contributed by atoms with Crippen LogP contribution in [0.1, 0.15) is 0 Å². The van der Waals surface area contributed by atoms with Gasteiger partial charge in [0.05, 0.1) is 5.69 Å². The third-order valence-electron chi connectivity index (χ3n) is 10.3. The molecule has 0 spiro atoms. The second kappa shape index (κ2) is 12.5. The summed E-state index contributed by atoms with van der Waals surface area (Å²) >= 11 is 0. The van der Waals surface area contributed by atoms with Crippen LogP contribution < -0.4 is 4.90 Å². The van der Waals surface area contributed by atoms with E-state index in [4.69, 9.17) is 4.42 Å². The van der Waals surface area contributed by atoms with E-state index in [-0.39, 0.29) is 0 Å². The minimum Gasteiger partial charge on any atom is -0.455 e. The Morgan fingerprint density at radius 2 is 0.885 bits per heavy atom. The fourth-order valence-corrected chi connectivity index (χ4v) is 7.72. The van der Waals surface area contributed by atoms with Gasteiger partial charge in [0.25, 0.3) is 0 Å². The van der Waals surface area contributed by atoms with E-state index >= 15 is 0 Å². The molecule has 0 saturated carbocycles. The summed E-state index contributed by atoms with van der Waals surface area (Å²) in [7, 11) is 0. The van der Waals surface area contributed by atoms with Crippen molar-refractivity contribution in [1.29, 1.82) is 0 Å². The van der Waals surface area contributed by atoms with E-state index in [0.717, 1.165) is 50.1 Å². The molecule has 0 fully saturated rings. The minimum absolute atomic E-state index is 0.898. The highest BCUT2D eigenvalue weighted by molar-refractivity contribution is 6.11. The number of furan rings is 1. The number of hydrogen-bond donors (Lipinski definition) is 0. The molecule has 0 aliphatic carbocycles. The highest BCUT2D eigenvalue weighted by Crippen LogP contribution is 2.45. The lowest BCUT2D eigenvalue weighted by atomic mass is 9.96. The molecule has 2 heteroatoms. The molecule has 244 valence electrons. The van der Waals surface area contributed by atoms with Crippen molar-refractivity contribution in [3.8, 4) is 33.4 Å². The molecule has 1 aromatic heterocycles. The lowest BCUT2D eigenvalue weighted by molar-refractivity contribution is 0.670. The highest BCUT2D eigenvalue weighted by atomic mass is 16.3. The minimum atomic E-state index is 0.898. The van der Waals surface area contributed by atoms with Crippen LogP contribution in [0, 0.1) is 0 Å². The van der Waals surface area contributed by atoms with Crippen LogP contribution in [0.4, 0.5) is 17.1 Å². The zero-order valence-electron chi connectivity index (χ0n) is 28.4. The van der Waals surface area contributed by atoms with E-state index < -0.39 is 0 Å². The molecule has 9 aromatic carbocycles. The first kappa shape index (κ1) is 30.0. The predicted octanol–water partition coefficient (Wildman–Crippen LogP) is 14.4. The Bertz CT molecular complexity index is 2890. The summed E-state index contributed by atoms with van der Waals surface area (Å²) in [4.78, 5) is 2.37. The molecule has 52 heavy (non-hydrogen) atoms. The van der Waals surface area contributed by atoms with Gasteiger partial charge in [-0.3, -0.25) is 0 Å². The van der Waals surface area contributed by atoms with Gasteiger partial charge in [-0.05, 0) is 80.2 Å². The summed E-state index contributed by atoms with van der Waals surface area (Å²) in [5.41, 5.74) is 12.1. The van der Waals surface area contributed by atoms with E-state index in [9.17, 15) is 0 Å². The second-order valence-electron chi connectivity index (χ2n) is 13.3. The van der Waals surface area contributed by atoms with Crippen molar-refractivity contribution in [2.24, 2.45) is 0 Å². The number of nitrogens with zero attached hydrogens (tertiary/aromatic N) is 1. The SMILES string of the molecule is c1ccc(N(c2ccc(-c3ccc(-c4cccc5ccccc45)cc3)cc2)c2ccc3ccccc3c2)c(-c2cccc3c2oc2ccccc23)c1. The molecule has 0 radical (unpaired) electrons. The quantitative estimate of drug-likeness (QED) is 0.176. The van der Waals surface area contributed by atoms with Gasteiger partial charge in [-0.1, -0.05) is 164 Å². The first-order valence-corrected chi connectivity index (χ1v) is 17.8. The highest BCUT2D eigenvalue weighted by Gasteiger charge is 2.20. The largest absolute Gasteiger partial charge is 0.455 e. The van der Waals surface area contributed by atoms with Crippen LogP contribution in [-0.2, 0) is 0 Å². The first-order chi connectivity index (χ1) is 25.8. The van der Waals surface area contributed by atoms with Gasteiger partial charge < -0.3 is 9.32 Å². The Morgan fingerprint density at radius 3 is 1.73 bits per heavy atom. The molecule has 0 saturated heterocycles. The molecule has 0 N–H and O–H groups in total. The van der Waals surface area contributed by atoms with Crippen molar-refractivity contribution >= 4 is 60.5 Å². The van der Waals surface area contributed by atoms with Crippen LogP contribution in [0.3, 0.4) is 0 Å². The van der Waals surface area contributed by atoms with E-state index in [0.29, 0.717) is 0 Å². The van der Waals surface area contributed by atoms with E-state index in [1.807, 2.05) is 12.1 Å². The molecular weight excluding hydrogens is 631 g/mol.